The largest absolute Gasteiger partial charge is 0.356 e. The molecule has 0 saturated carbocycles. The third-order valence-corrected chi connectivity index (χ3v) is 4.88. The summed E-state index contributed by atoms with van der Waals surface area (Å²) in [6.07, 6.45) is 4.36. The van der Waals surface area contributed by atoms with Crippen LogP contribution in [0.2, 0.25) is 0 Å². The number of hydrogen-bond acceptors (Lipinski definition) is 2. The summed E-state index contributed by atoms with van der Waals surface area (Å²) in [4.78, 5) is 6.93. The second-order valence-corrected chi connectivity index (χ2v) is 6.46. The van der Waals surface area contributed by atoms with Crippen molar-refractivity contribution in [2.75, 3.05) is 18.0 Å². The van der Waals surface area contributed by atoms with Crippen molar-refractivity contribution in [3.05, 3.63) is 84.6 Å². The van der Waals surface area contributed by atoms with Gasteiger partial charge in [0.15, 0.2) is 0 Å². The van der Waals surface area contributed by atoms with E-state index in [-0.39, 0.29) is 0 Å². The van der Waals surface area contributed by atoms with Crippen LogP contribution in [0.15, 0.2) is 79.0 Å². The lowest BCUT2D eigenvalue weighted by Crippen LogP contribution is -2.34. The van der Waals surface area contributed by atoms with Gasteiger partial charge in [0.2, 0.25) is 0 Å². The van der Waals surface area contributed by atoms with Gasteiger partial charge in [0, 0.05) is 25.2 Å². The van der Waals surface area contributed by atoms with Crippen molar-refractivity contribution in [2.24, 2.45) is 0 Å². The molecule has 120 valence electrons. The molecule has 2 heterocycles. The van der Waals surface area contributed by atoms with E-state index in [9.17, 15) is 0 Å². The summed E-state index contributed by atoms with van der Waals surface area (Å²) in [6.45, 7) is 2.16. The number of benzene rings is 2. The predicted octanol–water partition coefficient (Wildman–Crippen LogP) is 5.13. The summed E-state index contributed by atoms with van der Waals surface area (Å²) in [7, 11) is 0. The molecule has 1 aromatic heterocycles. The van der Waals surface area contributed by atoms with Crippen LogP contribution in [0.25, 0.3) is 11.1 Å². The van der Waals surface area contributed by atoms with Crippen LogP contribution < -0.4 is 4.90 Å². The quantitative estimate of drug-likeness (QED) is 0.666. The highest BCUT2D eigenvalue weighted by Crippen LogP contribution is 2.30. The lowest BCUT2D eigenvalue weighted by atomic mass is 9.89. The first kappa shape index (κ1) is 14.9. The SMILES string of the molecule is c1ccc(-c2ccc([C@@H]3CCCN(c4ccccn4)C3)cc2)cc1. The van der Waals surface area contributed by atoms with Gasteiger partial charge in [0.05, 0.1) is 0 Å². The van der Waals surface area contributed by atoms with Gasteiger partial charge in [0.25, 0.3) is 0 Å². The van der Waals surface area contributed by atoms with E-state index in [1.54, 1.807) is 0 Å². The molecule has 4 rings (SSSR count). The average molecular weight is 314 g/mol. The molecule has 0 spiro atoms. The van der Waals surface area contributed by atoms with E-state index in [0.717, 1.165) is 18.9 Å². The van der Waals surface area contributed by atoms with E-state index >= 15 is 0 Å². The molecule has 0 aliphatic carbocycles. The van der Waals surface area contributed by atoms with Crippen LogP contribution in [-0.2, 0) is 0 Å². The monoisotopic (exact) mass is 314 g/mol. The number of rotatable bonds is 3. The Morgan fingerprint density at radius 3 is 2.29 bits per heavy atom. The van der Waals surface area contributed by atoms with E-state index in [0.29, 0.717) is 5.92 Å². The van der Waals surface area contributed by atoms with Gasteiger partial charge in [-0.15, -0.1) is 0 Å². The zero-order valence-electron chi connectivity index (χ0n) is 13.8. The summed E-state index contributed by atoms with van der Waals surface area (Å²) in [5.41, 5.74) is 4.01. The topological polar surface area (TPSA) is 16.1 Å². The lowest BCUT2D eigenvalue weighted by molar-refractivity contribution is 0.507. The Kier molecular flexibility index (Phi) is 4.28. The molecule has 0 amide bonds. The molecule has 2 heteroatoms. The molecular formula is C22H22N2. The highest BCUT2D eigenvalue weighted by molar-refractivity contribution is 5.63. The smallest absolute Gasteiger partial charge is 0.128 e. The van der Waals surface area contributed by atoms with Crippen molar-refractivity contribution in [3.63, 3.8) is 0 Å². The van der Waals surface area contributed by atoms with Crippen LogP contribution in [0.5, 0.6) is 0 Å². The van der Waals surface area contributed by atoms with Crippen LogP contribution >= 0.6 is 0 Å². The van der Waals surface area contributed by atoms with Crippen molar-refractivity contribution >= 4 is 5.82 Å². The fourth-order valence-electron chi connectivity index (χ4n) is 3.58. The maximum absolute atomic E-state index is 4.51. The van der Waals surface area contributed by atoms with Crippen molar-refractivity contribution < 1.29 is 0 Å². The molecule has 3 aromatic rings. The van der Waals surface area contributed by atoms with Gasteiger partial charge in [-0.05, 0) is 41.7 Å². The molecule has 1 saturated heterocycles. The number of nitrogens with zero attached hydrogens (tertiary/aromatic N) is 2. The van der Waals surface area contributed by atoms with Crippen LogP contribution in [0.3, 0.4) is 0 Å². The Balaban J connectivity index is 1.51. The first-order valence-electron chi connectivity index (χ1n) is 8.71. The summed E-state index contributed by atoms with van der Waals surface area (Å²) >= 11 is 0. The first-order valence-corrected chi connectivity index (χ1v) is 8.71. The van der Waals surface area contributed by atoms with E-state index < -0.39 is 0 Å². The number of hydrogen-bond donors (Lipinski definition) is 0. The second-order valence-electron chi connectivity index (χ2n) is 6.46. The minimum absolute atomic E-state index is 0.588. The number of aromatic nitrogens is 1. The molecule has 2 nitrogen and oxygen atoms in total. The number of anilines is 1. The Morgan fingerprint density at radius 1 is 0.792 bits per heavy atom. The molecule has 1 atom stereocenters. The van der Waals surface area contributed by atoms with Gasteiger partial charge in [0.1, 0.15) is 5.82 Å². The third kappa shape index (κ3) is 3.18. The lowest BCUT2D eigenvalue weighted by Gasteiger charge is -2.34. The minimum atomic E-state index is 0.588. The Hall–Kier alpha value is -2.61. The fourth-order valence-corrected chi connectivity index (χ4v) is 3.58. The Morgan fingerprint density at radius 2 is 1.54 bits per heavy atom. The second kappa shape index (κ2) is 6.88. The number of piperidine rings is 1. The normalized spacial score (nSPS) is 17.7. The summed E-state index contributed by atoms with van der Waals surface area (Å²) < 4.78 is 0. The average Bonchev–Trinajstić information content (AvgIpc) is 2.70. The van der Waals surface area contributed by atoms with Crippen molar-refractivity contribution in [3.8, 4) is 11.1 Å². The van der Waals surface area contributed by atoms with Gasteiger partial charge in [-0.3, -0.25) is 0 Å². The standard InChI is InChI=1S/C22H22N2/c1-2-7-18(8-3-1)19-11-13-20(14-12-19)21-9-6-16-24(17-21)22-10-4-5-15-23-22/h1-5,7-8,10-15,21H,6,9,16-17H2/t21-/m1/s1. The van der Waals surface area contributed by atoms with Gasteiger partial charge in [-0.1, -0.05) is 60.7 Å². The molecule has 2 aromatic carbocycles. The molecule has 1 fully saturated rings. The molecule has 1 aliphatic rings. The number of pyridine rings is 1. The third-order valence-electron chi connectivity index (χ3n) is 4.88. The van der Waals surface area contributed by atoms with Gasteiger partial charge in [-0.25, -0.2) is 4.98 Å². The van der Waals surface area contributed by atoms with Crippen LogP contribution in [0.1, 0.15) is 24.3 Å². The zero-order valence-corrected chi connectivity index (χ0v) is 13.8. The van der Waals surface area contributed by atoms with E-state index in [4.69, 9.17) is 0 Å². The Bertz CT molecular complexity index is 766. The maximum Gasteiger partial charge on any atom is 0.128 e. The molecule has 0 bridgehead atoms. The van der Waals surface area contributed by atoms with Gasteiger partial charge in [-0.2, -0.15) is 0 Å². The first-order chi connectivity index (χ1) is 11.9. The van der Waals surface area contributed by atoms with E-state index in [2.05, 4.69) is 76.6 Å². The van der Waals surface area contributed by atoms with Gasteiger partial charge >= 0.3 is 0 Å². The highest BCUT2D eigenvalue weighted by atomic mass is 15.2. The zero-order chi connectivity index (χ0) is 16.2. The molecular weight excluding hydrogens is 292 g/mol. The molecule has 0 radical (unpaired) electrons. The fraction of sp³-hybridized carbons (Fsp3) is 0.227. The predicted molar refractivity (Wildman–Crippen MR) is 100 cm³/mol. The summed E-state index contributed by atoms with van der Waals surface area (Å²) in [5.74, 6) is 1.69. The van der Waals surface area contributed by atoms with Crippen LogP contribution in [0.4, 0.5) is 5.82 Å². The van der Waals surface area contributed by atoms with E-state index in [1.165, 1.54) is 29.5 Å². The maximum atomic E-state index is 4.51. The summed E-state index contributed by atoms with van der Waals surface area (Å²) in [5, 5.41) is 0. The van der Waals surface area contributed by atoms with Crippen molar-refractivity contribution in [1.82, 2.24) is 4.98 Å². The van der Waals surface area contributed by atoms with Crippen molar-refractivity contribution in [2.45, 2.75) is 18.8 Å². The Labute approximate surface area is 143 Å². The minimum Gasteiger partial charge on any atom is -0.356 e. The highest BCUT2D eigenvalue weighted by Gasteiger charge is 2.22. The molecule has 0 unspecified atom stereocenters. The molecule has 0 N–H and O–H groups in total. The molecule has 24 heavy (non-hydrogen) atoms. The summed E-state index contributed by atoms with van der Waals surface area (Å²) in [6, 6.07) is 25.8. The van der Waals surface area contributed by atoms with Crippen LogP contribution in [0, 0.1) is 0 Å². The molecule has 1 aliphatic heterocycles. The van der Waals surface area contributed by atoms with E-state index in [1.807, 2.05) is 12.3 Å². The van der Waals surface area contributed by atoms with Crippen molar-refractivity contribution in [1.29, 1.82) is 0 Å². The van der Waals surface area contributed by atoms with Gasteiger partial charge < -0.3 is 4.90 Å². The van der Waals surface area contributed by atoms with Crippen LogP contribution in [-0.4, -0.2) is 18.1 Å².